The van der Waals surface area contributed by atoms with E-state index in [4.69, 9.17) is 16.6 Å². The summed E-state index contributed by atoms with van der Waals surface area (Å²) in [4.78, 5) is 33.1. The summed E-state index contributed by atoms with van der Waals surface area (Å²) in [5.74, 6) is 0.606. The Kier molecular flexibility index (Phi) is 6.20. The van der Waals surface area contributed by atoms with E-state index in [1.165, 1.54) is 11.8 Å². The van der Waals surface area contributed by atoms with E-state index in [1.54, 1.807) is 22.8 Å². The molecule has 2 heterocycles. The molecule has 166 valence electrons. The summed E-state index contributed by atoms with van der Waals surface area (Å²) in [6, 6.07) is 22.4. The van der Waals surface area contributed by atoms with Gasteiger partial charge in [-0.05, 0) is 60.9 Å². The zero-order valence-corrected chi connectivity index (χ0v) is 19.5. The summed E-state index contributed by atoms with van der Waals surface area (Å²) in [5, 5.41) is 1.73. The van der Waals surface area contributed by atoms with Crippen molar-refractivity contribution < 1.29 is 4.79 Å². The molecule has 0 unspecified atom stereocenters. The fraction of sp³-hybridized carbons (Fsp3) is 0.192. The van der Waals surface area contributed by atoms with E-state index in [2.05, 4.69) is 0 Å². The van der Waals surface area contributed by atoms with Gasteiger partial charge in [0.1, 0.15) is 0 Å². The van der Waals surface area contributed by atoms with Gasteiger partial charge in [0, 0.05) is 29.4 Å². The number of aromatic nitrogens is 2. The second kappa shape index (κ2) is 9.41. The van der Waals surface area contributed by atoms with Gasteiger partial charge >= 0.3 is 0 Å². The van der Waals surface area contributed by atoms with Gasteiger partial charge in [-0.25, -0.2) is 4.98 Å². The third-order valence-electron chi connectivity index (χ3n) is 5.75. The van der Waals surface area contributed by atoms with E-state index < -0.39 is 0 Å². The lowest BCUT2D eigenvalue weighted by molar-refractivity contribution is 0.0793. The average Bonchev–Trinajstić information content (AvgIpc) is 3.38. The van der Waals surface area contributed by atoms with Crippen molar-refractivity contribution >= 4 is 40.2 Å². The number of carbonyl (C=O) groups is 1. The molecule has 1 aliphatic rings. The molecule has 1 aromatic heterocycles. The Morgan fingerprint density at radius 1 is 0.970 bits per heavy atom. The van der Waals surface area contributed by atoms with Crippen LogP contribution in [0.5, 0.6) is 0 Å². The first-order valence-corrected chi connectivity index (χ1v) is 12.3. The number of nitrogens with zero attached hydrogens (tertiary/aromatic N) is 3. The maximum atomic E-state index is 13.5. The number of rotatable bonds is 5. The van der Waals surface area contributed by atoms with Crippen molar-refractivity contribution in [2.45, 2.75) is 23.8 Å². The van der Waals surface area contributed by atoms with Gasteiger partial charge in [-0.2, -0.15) is 0 Å². The molecule has 0 saturated carbocycles. The van der Waals surface area contributed by atoms with Crippen LogP contribution >= 0.6 is 23.4 Å². The molecule has 0 radical (unpaired) electrons. The molecule has 1 saturated heterocycles. The van der Waals surface area contributed by atoms with Crippen LogP contribution in [0.15, 0.2) is 82.7 Å². The summed E-state index contributed by atoms with van der Waals surface area (Å²) in [7, 11) is 0. The second-order valence-electron chi connectivity index (χ2n) is 8.02. The average molecular weight is 476 g/mol. The molecule has 4 aromatic rings. The molecule has 0 aliphatic carbocycles. The monoisotopic (exact) mass is 475 g/mol. The van der Waals surface area contributed by atoms with E-state index in [0.29, 0.717) is 32.4 Å². The van der Waals surface area contributed by atoms with Crippen LogP contribution in [-0.2, 0) is 5.75 Å². The molecule has 3 aromatic carbocycles. The molecule has 0 spiro atoms. The van der Waals surface area contributed by atoms with Gasteiger partial charge in [-0.15, -0.1) is 0 Å². The minimum absolute atomic E-state index is 0.00318. The Morgan fingerprint density at radius 3 is 2.52 bits per heavy atom. The van der Waals surface area contributed by atoms with Gasteiger partial charge in [-0.3, -0.25) is 14.2 Å². The van der Waals surface area contributed by atoms with Crippen molar-refractivity contribution in [3.63, 3.8) is 0 Å². The third-order valence-corrected chi connectivity index (χ3v) is 7.00. The summed E-state index contributed by atoms with van der Waals surface area (Å²) < 4.78 is 1.64. The molecule has 5 nitrogen and oxygen atoms in total. The van der Waals surface area contributed by atoms with Crippen LogP contribution in [0.4, 0.5) is 0 Å². The number of likely N-dealkylation sites (tertiary alicyclic amines) is 1. The molecule has 5 rings (SSSR count). The van der Waals surface area contributed by atoms with Crippen LogP contribution in [0.3, 0.4) is 0 Å². The summed E-state index contributed by atoms with van der Waals surface area (Å²) in [6.07, 6.45) is 2.06. The number of amides is 1. The van der Waals surface area contributed by atoms with Gasteiger partial charge in [0.15, 0.2) is 5.16 Å². The van der Waals surface area contributed by atoms with Crippen molar-refractivity contribution in [1.29, 1.82) is 0 Å². The lowest BCUT2D eigenvalue weighted by Gasteiger charge is -2.16. The Hall–Kier alpha value is -3.09. The largest absolute Gasteiger partial charge is 0.339 e. The topological polar surface area (TPSA) is 55.2 Å². The highest BCUT2D eigenvalue weighted by atomic mass is 35.5. The third kappa shape index (κ3) is 4.54. The van der Waals surface area contributed by atoms with Gasteiger partial charge in [0.2, 0.25) is 0 Å². The molecule has 0 bridgehead atoms. The molecule has 33 heavy (non-hydrogen) atoms. The van der Waals surface area contributed by atoms with Crippen molar-refractivity contribution in [1.82, 2.24) is 14.5 Å². The van der Waals surface area contributed by atoms with Gasteiger partial charge in [0.05, 0.1) is 16.6 Å². The standard InChI is InChI=1S/C26H22ClN3O2S/c27-20-8-6-7-18(15-20)17-33-26-28-23-16-19(24(31)29-13-4-5-14-29)11-12-22(23)25(32)30(26)21-9-2-1-3-10-21/h1-3,6-12,15-16H,4-5,13-14,17H2. The van der Waals surface area contributed by atoms with E-state index in [0.717, 1.165) is 37.2 Å². The summed E-state index contributed by atoms with van der Waals surface area (Å²) in [5.41, 5.74) is 2.74. The Bertz CT molecular complexity index is 1380. The normalized spacial score (nSPS) is 13.5. The lowest BCUT2D eigenvalue weighted by atomic mass is 10.1. The molecule has 0 N–H and O–H groups in total. The van der Waals surface area contributed by atoms with Gasteiger partial charge < -0.3 is 4.90 Å². The van der Waals surface area contributed by atoms with Crippen LogP contribution in [0.1, 0.15) is 28.8 Å². The number of hydrogen-bond donors (Lipinski definition) is 0. The highest BCUT2D eigenvalue weighted by Gasteiger charge is 2.21. The van der Waals surface area contributed by atoms with Crippen molar-refractivity contribution in [3.05, 3.63) is 99.3 Å². The molecule has 7 heteroatoms. The lowest BCUT2D eigenvalue weighted by Crippen LogP contribution is -2.28. The van der Waals surface area contributed by atoms with E-state index in [9.17, 15) is 9.59 Å². The fourth-order valence-electron chi connectivity index (χ4n) is 4.08. The number of fused-ring (bicyclic) bond motifs is 1. The first-order chi connectivity index (χ1) is 16.1. The van der Waals surface area contributed by atoms with E-state index in [1.807, 2.05) is 59.5 Å². The minimum Gasteiger partial charge on any atom is -0.339 e. The summed E-state index contributed by atoms with van der Waals surface area (Å²) in [6.45, 7) is 1.56. The van der Waals surface area contributed by atoms with Gasteiger partial charge in [0.25, 0.3) is 11.5 Å². The summed E-state index contributed by atoms with van der Waals surface area (Å²) >= 11 is 7.61. The van der Waals surface area contributed by atoms with E-state index in [-0.39, 0.29) is 11.5 Å². The molecule has 1 amide bonds. The quantitative estimate of drug-likeness (QED) is 0.280. The smallest absolute Gasteiger partial charge is 0.266 e. The molecule has 0 atom stereocenters. The number of benzene rings is 3. The number of thioether (sulfide) groups is 1. The van der Waals surface area contributed by atoms with Crippen LogP contribution in [0, 0.1) is 0 Å². The van der Waals surface area contributed by atoms with Crippen molar-refractivity contribution in [2.75, 3.05) is 13.1 Å². The molecule has 1 aliphatic heterocycles. The van der Waals surface area contributed by atoms with E-state index >= 15 is 0 Å². The number of para-hydroxylation sites is 1. The number of carbonyl (C=O) groups excluding carboxylic acids is 1. The van der Waals surface area contributed by atoms with Crippen molar-refractivity contribution in [3.8, 4) is 5.69 Å². The number of hydrogen-bond acceptors (Lipinski definition) is 4. The minimum atomic E-state index is -0.153. The first-order valence-electron chi connectivity index (χ1n) is 10.9. The van der Waals surface area contributed by atoms with Crippen LogP contribution < -0.4 is 5.56 Å². The highest BCUT2D eigenvalue weighted by molar-refractivity contribution is 7.98. The van der Waals surface area contributed by atoms with Crippen molar-refractivity contribution in [2.24, 2.45) is 0 Å². The first kappa shape index (κ1) is 21.7. The predicted octanol–water partition coefficient (Wildman–Crippen LogP) is 5.57. The predicted molar refractivity (Wildman–Crippen MR) is 133 cm³/mol. The fourth-order valence-corrected chi connectivity index (χ4v) is 5.25. The number of halogens is 1. The Labute approximate surface area is 201 Å². The van der Waals surface area contributed by atoms with Crippen LogP contribution in [0.2, 0.25) is 5.02 Å². The second-order valence-corrected chi connectivity index (χ2v) is 9.40. The van der Waals surface area contributed by atoms with Gasteiger partial charge in [-0.1, -0.05) is 53.7 Å². The molecule has 1 fully saturated rings. The highest BCUT2D eigenvalue weighted by Crippen LogP contribution is 2.26. The van der Waals surface area contributed by atoms with Crippen LogP contribution in [0.25, 0.3) is 16.6 Å². The zero-order chi connectivity index (χ0) is 22.8. The Balaban J connectivity index is 1.59. The maximum Gasteiger partial charge on any atom is 0.266 e. The zero-order valence-electron chi connectivity index (χ0n) is 17.9. The maximum absolute atomic E-state index is 13.5. The SMILES string of the molecule is O=C(c1ccc2c(=O)n(-c3ccccc3)c(SCc3cccc(Cl)c3)nc2c1)N1CCCC1. The van der Waals surface area contributed by atoms with Crippen LogP contribution in [-0.4, -0.2) is 33.4 Å². The molecular weight excluding hydrogens is 454 g/mol. The Morgan fingerprint density at radius 2 is 1.76 bits per heavy atom. The molecular formula is C26H22ClN3O2S.